The third kappa shape index (κ3) is 4.60. The van der Waals surface area contributed by atoms with E-state index in [1.165, 1.54) is 24.4 Å². The summed E-state index contributed by atoms with van der Waals surface area (Å²) in [7, 11) is 0. The summed E-state index contributed by atoms with van der Waals surface area (Å²) in [5, 5.41) is 22.5. The van der Waals surface area contributed by atoms with Crippen LogP contribution in [-0.4, -0.2) is 28.9 Å². The van der Waals surface area contributed by atoms with Gasteiger partial charge in [0.2, 0.25) is 0 Å². The first-order valence-electron chi connectivity index (χ1n) is 6.79. The Balaban J connectivity index is 1.96. The third-order valence-electron chi connectivity index (χ3n) is 2.87. The molecule has 118 valence electrons. The normalized spacial score (nSPS) is 10.4. The predicted octanol–water partition coefficient (Wildman–Crippen LogP) is 2.43. The van der Waals surface area contributed by atoms with Gasteiger partial charge >= 0.3 is 0 Å². The molecule has 23 heavy (non-hydrogen) atoms. The first-order chi connectivity index (χ1) is 11.1. The van der Waals surface area contributed by atoms with Crippen molar-refractivity contribution in [1.82, 2.24) is 5.43 Å². The fraction of sp³-hybridized carbons (Fsp3) is 0.0588. The monoisotopic (exact) mass is 312 g/mol. The van der Waals surface area contributed by atoms with Crippen LogP contribution < -0.4 is 10.2 Å². The van der Waals surface area contributed by atoms with Crippen LogP contribution in [0.15, 0.2) is 60.2 Å². The summed E-state index contributed by atoms with van der Waals surface area (Å²) in [6, 6.07) is 10.6. The third-order valence-corrected chi connectivity index (χ3v) is 2.87. The second-order valence-electron chi connectivity index (χ2n) is 4.57. The standard InChI is InChI=1S/C17H16N2O4/c1-2-9-23-15-7-4-12(5-8-15)17(22)19-18-11-13-3-6-14(20)10-16(13)21/h2-8,10-11,20-21H,1,9H2,(H,19,22)/b18-11+. The van der Waals surface area contributed by atoms with Gasteiger partial charge in [0.15, 0.2) is 0 Å². The van der Waals surface area contributed by atoms with Crippen molar-refractivity contribution in [2.24, 2.45) is 5.10 Å². The van der Waals surface area contributed by atoms with Gasteiger partial charge in [0.05, 0.1) is 6.21 Å². The SMILES string of the molecule is C=CCOc1ccc(C(=O)N/N=C/c2ccc(O)cc2O)cc1. The van der Waals surface area contributed by atoms with Gasteiger partial charge in [-0.15, -0.1) is 0 Å². The lowest BCUT2D eigenvalue weighted by Crippen LogP contribution is -2.17. The summed E-state index contributed by atoms with van der Waals surface area (Å²) in [4.78, 5) is 11.9. The van der Waals surface area contributed by atoms with Gasteiger partial charge in [-0.1, -0.05) is 12.7 Å². The molecule has 0 saturated heterocycles. The number of rotatable bonds is 6. The van der Waals surface area contributed by atoms with Crippen LogP contribution in [0.4, 0.5) is 0 Å². The van der Waals surface area contributed by atoms with Crippen molar-refractivity contribution in [3.8, 4) is 17.2 Å². The number of hydrazone groups is 1. The van der Waals surface area contributed by atoms with Crippen molar-refractivity contribution in [2.45, 2.75) is 0 Å². The minimum atomic E-state index is -0.394. The molecule has 0 aliphatic heterocycles. The van der Waals surface area contributed by atoms with Gasteiger partial charge in [0.1, 0.15) is 23.9 Å². The minimum Gasteiger partial charge on any atom is -0.508 e. The van der Waals surface area contributed by atoms with E-state index in [0.29, 0.717) is 23.5 Å². The van der Waals surface area contributed by atoms with E-state index in [0.717, 1.165) is 0 Å². The second-order valence-corrected chi connectivity index (χ2v) is 4.57. The molecule has 2 aromatic rings. The maximum absolute atomic E-state index is 11.9. The number of hydrogen-bond acceptors (Lipinski definition) is 5. The van der Waals surface area contributed by atoms with E-state index in [1.807, 2.05) is 0 Å². The van der Waals surface area contributed by atoms with Crippen LogP contribution in [-0.2, 0) is 0 Å². The maximum atomic E-state index is 11.9. The Bertz CT molecular complexity index is 724. The molecule has 1 amide bonds. The smallest absolute Gasteiger partial charge is 0.271 e. The van der Waals surface area contributed by atoms with E-state index in [2.05, 4.69) is 17.1 Å². The van der Waals surface area contributed by atoms with Gasteiger partial charge in [0.25, 0.3) is 5.91 Å². The van der Waals surface area contributed by atoms with Crippen molar-refractivity contribution in [3.63, 3.8) is 0 Å². The lowest BCUT2D eigenvalue weighted by molar-refractivity contribution is 0.0955. The van der Waals surface area contributed by atoms with E-state index < -0.39 is 5.91 Å². The highest BCUT2D eigenvalue weighted by Crippen LogP contribution is 2.20. The molecular formula is C17H16N2O4. The molecule has 0 spiro atoms. The molecular weight excluding hydrogens is 296 g/mol. The molecule has 0 heterocycles. The molecule has 6 nitrogen and oxygen atoms in total. The quantitative estimate of drug-likeness (QED) is 0.434. The average Bonchev–Trinajstić information content (AvgIpc) is 2.55. The zero-order valence-electron chi connectivity index (χ0n) is 12.3. The molecule has 0 unspecified atom stereocenters. The number of amides is 1. The Kier molecular flexibility index (Phi) is 5.35. The Hall–Kier alpha value is -3.28. The van der Waals surface area contributed by atoms with E-state index in [1.54, 1.807) is 30.3 Å². The number of aromatic hydroxyl groups is 2. The van der Waals surface area contributed by atoms with Crippen molar-refractivity contribution >= 4 is 12.1 Å². The van der Waals surface area contributed by atoms with Crippen LogP contribution in [0.2, 0.25) is 0 Å². The summed E-state index contributed by atoms with van der Waals surface area (Å²) in [6.07, 6.45) is 2.92. The highest BCUT2D eigenvalue weighted by atomic mass is 16.5. The van der Waals surface area contributed by atoms with Crippen molar-refractivity contribution in [1.29, 1.82) is 0 Å². The molecule has 0 aliphatic rings. The molecule has 0 bridgehead atoms. The molecule has 0 aromatic heterocycles. The summed E-state index contributed by atoms with van der Waals surface area (Å²) in [6.45, 7) is 3.95. The summed E-state index contributed by atoms with van der Waals surface area (Å²) < 4.78 is 5.32. The molecule has 0 radical (unpaired) electrons. The molecule has 0 fully saturated rings. The van der Waals surface area contributed by atoms with E-state index in [-0.39, 0.29) is 11.5 Å². The highest BCUT2D eigenvalue weighted by molar-refractivity contribution is 5.95. The van der Waals surface area contributed by atoms with Gasteiger partial charge in [-0.3, -0.25) is 4.79 Å². The van der Waals surface area contributed by atoms with Crippen LogP contribution >= 0.6 is 0 Å². The fourth-order valence-corrected chi connectivity index (χ4v) is 1.72. The molecule has 3 N–H and O–H groups in total. The lowest BCUT2D eigenvalue weighted by atomic mass is 10.2. The van der Waals surface area contributed by atoms with Crippen LogP contribution in [0.3, 0.4) is 0 Å². The predicted molar refractivity (Wildman–Crippen MR) is 87.0 cm³/mol. The topological polar surface area (TPSA) is 91.2 Å². The van der Waals surface area contributed by atoms with Crippen LogP contribution in [0.1, 0.15) is 15.9 Å². The molecule has 0 aliphatic carbocycles. The Labute approximate surface area is 133 Å². The van der Waals surface area contributed by atoms with Crippen LogP contribution in [0, 0.1) is 0 Å². The Morgan fingerprint density at radius 1 is 1.22 bits per heavy atom. The van der Waals surface area contributed by atoms with Gasteiger partial charge < -0.3 is 14.9 Å². The van der Waals surface area contributed by atoms with E-state index in [9.17, 15) is 15.0 Å². The first kappa shape index (κ1) is 16.1. The zero-order valence-corrected chi connectivity index (χ0v) is 12.3. The largest absolute Gasteiger partial charge is 0.508 e. The van der Waals surface area contributed by atoms with Gasteiger partial charge in [-0.2, -0.15) is 5.10 Å². The highest BCUT2D eigenvalue weighted by Gasteiger charge is 2.04. The molecule has 2 aromatic carbocycles. The van der Waals surface area contributed by atoms with Crippen molar-refractivity contribution in [3.05, 3.63) is 66.2 Å². The fourth-order valence-electron chi connectivity index (χ4n) is 1.72. The van der Waals surface area contributed by atoms with Crippen molar-refractivity contribution in [2.75, 3.05) is 6.61 Å². The molecule has 0 atom stereocenters. The van der Waals surface area contributed by atoms with E-state index >= 15 is 0 Å². The average molecular weight is 312 g/mol. The number of nitrogens with one attached hydrogen (secondary N) is 1. The summed E-state index contributed by atoms with van der Waals surface area (Å²) in [5.41, 5.74) is 3.14. The number of ether oxygens (including phenoxy) is 1. The number of benzene rings is 2. The molecule has 0 saturated carbocycles. The molecule has 2 rings (SSSR count). The number of carbonyl (C=O) groups excluding carboxylic acids is 1. The van der Waals surface area contributed by atoms with Crippen molar-refractivity contribution < 1.29 is 19.7 Å². The summed E-state index contributed by atoms with van der Waals surface area (Å²) in [5.74, 6) is 0.0583. The molecule has 6 heteroatoms. The van der Waals surface area contributed by atoms with Crippen LogP contribution in [0.5, 0.6) is 17.2 Å². The van der Waals surface area contributed by atoms with E-state index in [4.69, 9.17) is 4.74 Å². The van der Waals surface area contributed by atoms with Gasteiger partial charge in [0, 0.05) is 17.2 Å². The van der Waals surface area contributed by atoms with Gasteiger partial charge in [-0.25, -0.2) is 5.43 Å². The minimum absolute atomic E-state index is 0.0533. The summed E-state index contributed by atoms with van der Waals surface area (Å²) >= 11 is 0. The number of phenols is 2. The second kappa shape index (κ2) is 7.65. The van der Waals surface area contributed by atoms with Gasteiger partial charge in [-0.05, 0) is 36.4 Å². The Morgan fingerprint density at radius 3 is 2.61 bits per heavy atom. The number of hydrogen-bond donors (Lipinski definition) is 3. The maximum Gasteiger partial charge on any atom is 0.271 e. The van der Waals surface area contributed by atoms with Crippen LogP contribution in [0.25, 0.3) is 0 Å². The zero-order chi connectivity index (χ0) is 16.7. The first-order valence-corrected chi connectivity index (χ1v) is 6.79. The number of phenolic OH excluding ortho intramolecular Hbond substituents is 2. The Morgan fingerprint density at radius 2 is 1.96 bits per heavy atom. The number of carbonyl (C=O) groups is 1. The lowest BCUT2D eigenvalue weighted by Gasteiger charge is -2.04. The number of nitrogens with zero attached hydrogens (tertiary/aromatic N) is 1.